The molecule has 2 aliphatic rings. The van der Waals surface area contributed by atoms with E-state index in [4.69, 9.17) is 4.74 Å². The first-order valence-corrected chi connectivity index (χ1v) is 9.10. The molecule has 3 rings (SSSR count). The first-order valence-electron chi connectivity index (χ1n) is 8.28. The van der Waals surface area contributed by atoms with Crippen molar-refractivity contribution in [3.8, 4) is 0 Å². The summed E-state index contributed by atoms with van der Waals surface area (Å²) in [6.45, 7) is 7.45. The molecule has 1 N–H and O–H groups in total. The zero-order chi connectivity index (χ0) is 14.7. The van der Waals surface area contributed by atoms with Gasteiger partial charge in [-0.1, -0.05) is 0 Å². The van der Waals surface area contributed by atoms with E-state index in [-0.39, 0.29) is 0 Å². The van der Waals surface area contributed by atoms with E-state index >= 15 is 0 Å². The molecular weight excluding hydrogens is 280 g/mol. The van der Waals surface area contributed by atoms with Gasteiger partial charge in [0.1, 0.15) is 0 Å². The predicted octanol–water partition coefficient (Wildman–Crippen LogP) is 3.17. The predicted molar refractivity (Wildman–Crippen MR) is 88.8 cm³/mol. The van der Waals surface area contributed by atoms with Crippen molar-refractivity contribution in [2.45, 2.75) is 51.7 Å². The fourth-order valence-corrected chi connectivity index (χ4v) is 4.12. The van der Waals surface area contributed by atoms with Crippen LogP contribution in [0.1, 0.15) is 41.0 Å². The van der Waals surface area contributed by atoms with E-state index < -0.39 is 0 Å². The second-order valence-corrected chi connectivity index (χ2v) is 8.07. The maximum absolute atomic E-state index is 5.59. The highest BCUT2D eigenvalue weighted by molar-refractivity contribution is 7.12. The molecule has 0 bridgehead atoms. The molecule has 21 heavy (non-hydrogen) atoms. The summed E-state index contributed by atoms with van der Waals surface area (Å²) in [5, 5.41) is 3.61. The Hall–Kier alpha value is -0.420. The van der Waals surface area contributed by atoms with Crippen LogP contribution in [0, 0.1) is 12.8 Å². The van der Waals surface area contributed by atoms with Crippen LogP contribution in [-0.4, -0.2) is 37.7 Å². The Balaban J connectivity index is 1.48. The van der Waals surface area contributed by atoms with Gasteiger partial charge in [-0.25, -0.2) is 0 Å². The van der Waals surface area contributed by atoms with E-state index in [1.54, 1.807) is 0 Å². The van der Waals surface area contributed by atoms with E-state index in [0.717, 1.165) is 44.8 Å². The van der Waals surface area contributed by atoms with E-state index in [1.807, 2.05) is 11.3 Å². The number of hydrogen-bond donors (Lipinski definition) is 1. The quantitative estimate of drug-likeness (QED) is 0.837. The Morgan fingerprint density at radius 2 is 2.24 bits per heavy atom. The fourth-order valence-electron chi connectivity index (χ4n) is 3.11. The number of thiophene rings is 1. The number of nitrogens with zero attached hydrogens (tertiary/aromatic N) is 1. The Kier molecular flexibility index (Phi) is 5.33. The first kappa shape index (κ1) is 15.5. The molecule has 118 valence electrons. The molecule has 1 aromatic rings. The Morgan fingerprint density at radius 3 is 2.95 bits per heavy atom. The summed E-state index contributed by atoms with van der Waals surface area (Å²) in [5.41, 5.74) is 1.51. The number of hydrogen-bond acceptors (Lipinski definition) is 4. The number of nitrogens with one attached hydrogen (secondary N) is 1. The van der Waals surface area contributed by atoms with Gasteiger partial charge < -0.3 is 15.0 Å². The standard InChI is InChI=1S/C17H28N2OS/c1-13-15(8-17(21-13)9-18-16-5-6-16)11-19(2)10-14-4-3-7-20-12-14/h8,14,16,18H,3-7,9-12H2,1-2H3. The van der Waals surface area contributed by atoms with E-state index in [1.165, 1.54) is 41.0 Å². The molecule has 4 heteroatoms. The fraction of sp³-hybridized carbons (Fsp3) is 0.765. The van der Waals surface area contributed by atoms with Gasteiger partial charge in [0.25, 0.3) is 0 Å². The zero-order valence-corrected chi connectivity index (χ0v) is 14.2. The van der Waals surface area contributed by atoms with Crippen LogP contribution in [0.25, 0.3) is 0 Å². The number of aryl methyl sites for hydroxylation is 1. The molecule has 3 nitrogen and oxygen atoms in total. The van der Waals surface area contributed by atoms with Gasteiger partial charge in [-0.2, -0.15) is 0 Å². The third-order valence-corrected chi connectivity index (χ3v) is 5.57. The van der Waals surface area contributed by atoms with E-state index in [0.29, 0.717) is 0 Å². The molecule has 2 heterocycles. The first-order chi connectivity index (χ1) is 10.2. The second-order valence-electron chi connectivity index (χ2n) is 6.73. The van der Waals surface area contributed by atoms with Gasteiger partial charge in [0.2, 0.25) is 0 Å². The van der Waals surface area contributed by atoms with Crippen LogP contribution in [-0.2, 0) is 17.8 Å². The summed E-state index contributed by atoms with van der Waals surface area (Å²) in [6, 6.07) is 3.20. The lowest BCUT2D eigenvalue weighted by atomic mass is 10.0. The lowest BCUT2D eigenvalue weighted by Gasteiger charge is -2.27. The van der Waals surface area contributed by atoms with Crippen molar-refractivity contribution in [2.24, 2.45) is 5.92 Å². The molecule has 0 aromatic carbocycles. The number of ether oxygens (including phenoxy) is 1. The lowest BCUT2D eigenvalue weighted by Crippen LogP contribution is -2.30. The molecule has 1 saturated carbocycles. The van der Waals surface area contributed by atoms with E-state index in [9.17, 15) is 0 Å². The van der Waals surface area contributed by atoms with Crippen molar-refractivity contribution >= 4 is 11.3 Å². The Labute approximate surface area is 132 Å². The van der Waals surface area contributed by atoms with Crippen molar-refractivity contribution in [3.63, 3.8) is 0 Å². The van der Waals surface area contributed by atoms with E-state index in [2.05, 4.69) is 30.3 Å². The Morgan fingerprint density at radius 1 is 1.38 bits per heavy atom. The van der Waals surface area contributed by atoms with Crippen LogP contribution in [0.2, 0.25) is 0 Å². The van der Waals surface area contributed by atoms with Gasteiger partial charge in [0.15, 0.2) is 0 Å². The van der Waals surface area contributed by atoms with Crippen LogP contribution < -0.4 is 5.32 Å². The lowest BCUT2D eigenvalue weighted by molar-refractivity contribution is 0.0411. The second kappa shape index (κ2) is 7.23. The average Bonchev–Trinajstić information content (AvgIpc) is 3.23. The van der Waals surface area contributed by atoms with Crippen LogP contribution in [0.3, 0.4) is 0 Å². The highest BCUT2D eigenvalue weighted by Crippen LogP contribution is 2.25. The molecule has 0 spiro atoms. The molecule has 0 amide bonds. The molecule has 0 radical (unpaired) electrons. The highest BCUT2D eigenvalue weighted by atomic mass is 32.1. The average molecular weight is 308 g/mol. The summed E-state index contributed by atoms with van der Waals surface area (Å²) < 4.78 is 5.59. The minimum atomic E-state index is 0.721. The van der Waals surface area contributed by atoms with Gasteiger partial charge >= 0.3 is 0 Å². The van der Waals surface area contributed by atoms with Gasteiger partial charge in [-0.3, -0.25) is 0 Å². The topological polar surface area (TPSA) is 24.5 Å². The molecule has 1 unspecified atom stereocenters. The SMILES string of the molecule is Cc1sc(CNC2CC2)cc1CN(C)CC1CCCOC1. The third kappa shape index (κ3) is 4.78. The molecule has 1 aliphatic heterocycles. The van der Waals surface area contributed by atoms with Crippen LogP contribution in [0.5, 0.6) is 0 Å². The van der Waals surface area contributed by atoms with Gasteiger partial charge in [0, 0.05) is 42.0 Å². The van der Waals surface area contributed by atoms with Gasteiger partial charge in [-0.15, -0.1) is 11.3 Å². The normalized spacial score (nSPS) is 22.9. The molecule has 1 saturated heterocycles. The maximum Gasteiger partial charge on any atom is 0.0506 e. The molecule has 2 fully saturated rings. The van der Waals surface area contributed by atoms with Crippen molar-refractivity contribution in [2.75, 3.05) is 26.8 Å². The molecule has 1 aromatic heterocycles. The molecule has 1 atom stereocenters. The van der Waals surface area contributed by atoms with Crippen LogP contribution >= 0.6 is 11.3 Å². The minimum Gasteiger partial charge on any atom is -0.381 e. The van der Waals surface area contributed by atoms with Gasteiger partial charge in [0.05, 0.1) is 6.61 Å². The third-order valence-electron chi connectivity index (χ3n) is 4.48. The van der Waals surface area contributed by atoms with Crippen LogP contribution in [0.15, 0.2) is 6.07 Å². The zero-order valence-electron chi connectivity index (χ0n) is 13.4. The van der Waals surface area contributed by atoms with Crippen molar-refractivity contribution in [1.82, 2.24) is 10.2 Å². The summed E-state index contributed by atoms with van der Waals surface area (Å²) in [5.74, 6) is 0.721. The minimum absolute atomic E-state index is 0.721. The number of rotatable bonds is 7. The molecular formula is C17H28N2OS. The van der Waals surface area contributed by atoms with Crippen molar-refractivity contribution in [1.29, 1.82) is 0 Å². The maximum atomic E-state index is 5.59. The van der Waals surface area contributed by atoms with Crippen molar-refractivity contribution in [3.05, 3.63) is 21.4 Å². The summed E-state index contributed by atoms with van der Waals surface area (Å²) in [4.78, 5) is 5.44. The smallest absolute Gasteiger partial charge is 0.0506 e. The summed E-state index contributed by atoms with van der Waals surface area (Å²) in [6.07, 6.45) is 5.28. The van der Waals surface area contributed by atoms with Crippen molar-refractivity contribution < 1.29 is 4.74 Å². The largest absolute Gasteiger partial charge is 0.381 e. The van der Waals surface area contributed by atoms with Gasteiger partial charge in [-0.05, 0) is 57.2 Å². The highest BCUT2D eigenvalue weighted by Gasteiger charge is 2.21. The van der Waals surface area contributed by atoms with Crippen LogP contribution in [0.4, 0.5) is 0 Å². The monoisotopic (exact) mass is 308 g/mol. The summed E-state index contributed by atoms with van der Waals surface area (Å²) >= 11 is 1.96. The summed E-state index contributed by atoms with van der Waals surface area (Å²) in [7, 11) is 2.24. The Bertz CT molecular complexity index is 450. The molecule has 1 aliphatic carbocycles.